The molecule has 0 amide bonds. The molecule has 9 heteroatoms. The molecule has 4 aromatic carbocycles. The molecule has 0 spiro atoms. The number of aliphatic carboxylic acids is 2. The van der Waals surface area contributed by atoms with Gasteiger partial charge in [-0.15, -0.1) is 0 Å². The number of carboxylic acids is 2. The minimum absolute atomic E-state index is 0. The molecule has 47 heavy (non-hydrogen) atoms. The summed E-state index contributed by atoms with van der Waals surface area (Å²) in [6.07, 6.45) is 0. The second-order valence-electron chi connectivity index (χ2n) is 13.0. The van der Waals surface area contributed by atoms with Crippen LogP contribution in [0.3, 0.4) is 0 Å². The molecule has 0 aliphatic rings. The minimum atomic E-state index is -1.01. The molecule has 1 atom stereocenters. The number of carbonyl (C=O) groups is 2. The Morgan fingerprint density at radius 1 is 0.553 bits per heavy atom. The fourth-order valence-electron chi connectivity index (χ4n) is 4.31. The van der Waals surface area contributed by atoms with E-state index in [0.717, 1.165) is 0 Å². The first-order chi connectivity index (χ1) is 21.5. The molecule has 1 unspecified atom stereocenters. The first-order valence-electron chi connectivity index (χ1n) is 15.2. The molecule has 0 heterocycles. The predicted octanol–water partition coefficient (Wildman–Crippen LogP) is 3.82. The summed E-state index contributed by atoms with van der Waals surface area (Å²) in [5.41, 5.74) is 12.0. The first-order valence-corrected chi connectivity index (χ1v) is 17.9. The van der Waals surface area contributed by atoms with E-state index >= 15 is 0 Å². The van der Waals surface area contributed by atoms with Gasteiger partial charge in [0.05, 0.1) is 0 Å². The fraction of sp³-hybridized carbons (Fsp3) is 0.316. The molecule has 0 aliphatic carbocycles. The van der Waals surface area contributed by atoms with E-state index < -0.39 is 38.6 Å². The van der Waals surface area contributed by atoms with Gasteiger partial charge in [-0.05, 0) is 44.0 Å². The Kier molecular flexibility index (Phi) is 17.3. The molecule has 6 nitrogen and oxygen atoms in total. The summed E-state index contributed by atoms with van der Waals surface area (Å²) in [7, 11) is -1.61. The molecule has 0 radical (unpaired) electrons. The number of hydrogen-bond acceptors (Lipinski definition) is 6. The zero-order valence-corrected chi connectivity index (χ0v) is 31.9. The summed E-state index contributed by atoms with van der Waals surface area (Å²) in [6.45, 7) is 12.4. The predicted molar refractivity (Wildman–Crippen MR) is 193 cm³/mol. The van der Waals surface area contributed by atoms with Crippen LogP contribution in [-0.2, 0) is 29.1 Å². The van der Waals surface area contributed by atoms with Gasteiger partial charge in [-0.25, -0.2) is 0 Å². The maximum absolute atomic E-state index is 9.91. The van der Waals surface area contributed by atoms with Crippen molar-refractivity contribution in [3.63, 3.8) is 0 Å². The Bertz CT molecular complexity index is 1290. The fourth-order valence-corrected chi connectivity index (χ4v) is 11.9. The maximum atomic E-state index is 9.91. The van der Waals surface area contributed by atoms with Gasteiger partial charge < -0.3 is 31.3 Å². The number of nitrogens with two attached hydrogens (primary N) is 2. The van der Waals surface area contributed by atoms with Crippen molar-refractivity contribution in [1.82, 2.24) is 0 Å². The van der Waals surface area contributed by atoms with Gasteiger partial charge >= 0.3 is 19.5 Å². The molecular formula is C38H48N2O4P2Ru. The van der Waals surface area contributed by atoms with Gasteiger partial charge in [0, 0.05) is 40.3 Å². The number of carboxylic acid groups (broad SMARTS) is 2. The zero-order valence-electron chi connectivity index (χ0n) is 28.4. The number of rotatable bonds is 8. The van der Waals surface area contributed by atoms with Crippen molar-refractivity contribution < 1.29 is 39.3 Å². The van der Waals surface area contributed by atoms with Crippen LogP contribution in [0.15, 0.2) is 121 Å². The van der Waals surface area contributed by atoms with Gasteiger partial charge in [0.2, 0.25) is 0 Å². The van der Waals surface area contributed by atoms with Crippen molar-refractivity contribution >= 4 is 49.0 Å². The van der Waals surface area contributed by atoms with Gasteiger partial charge in [0.15, 0.2) is 0 Å². The van der Waals surface area contributed by atoms with E-state index in [1.54, 1.807) is 41.5 Å². The van der Waals surface area contributed by atoms with E-state index in [0.29, 0.717) is 6.54 Å². The second-order valence-corrected chi connectivity index (χ2v) is 18.6. The number of carbonyl (C=O) groups excluding carboxylic acids is 2. The van der Waals surface area contributed by atoms with Crippen molar-refractivity contribution in [2.45, 2.75) is 59.4 Å². The Balaban J connectivity index is 0.000000619. The SMILES string of the molecule is CC(C(N)CN)(P(c1ccccc1)c1ccccc1)P(c1ccccc1)c1ccccc1.CC(C)(C)C(=O)[O-].CC(C)(C)C(=O)[O-].[Ru+2]. The van der Waals surface area contributed by atoms with Crippen LogP contribution in [0.2, 0.25) is 0 Å². The van der Waals surface area contributed by atoms with E-state index in [9.17, 15) is 19.8 Å². The summed E-state index contributed by atoms with van der Waals surface area (Å²) in [4.78, 5) is 19.6. The largest absolute Gasteiger partial charge is 2.00 e. The van der Waals surface area contributed by atoms with Crippen LogP contribution >= 0.6 is 15.8 Å². The smallest absolute Gasteiger partial charge is 0.550 e. The molecule has 0 aliphatic heterocycles. The third-order valence-electron chi connectivity index (χ3n) is 7.14. The molecular weight excluding hydrogens is 711 g/mol. The average Bonchev–Trinajstić information content (AvgIpc) is 3.02. The normalized spacial score (nSPS) is 12.1. The zero-order chi connectivity index (χ0) is 34.5. The summed E-state index contributed by atoms with van der Waals surface area (Å²) in [5, 5.41) is 25.2. The molecule has 0 saturated heterocycles. The molecule has 0 fully saturated rings. The van der Waals surface area contributed by atoms with E-state index in [-0.39, 0.29) is 30.4 Å². The van der Waals surface area contributed by atoms with E-state index in [4.69, 9.17) is 11.5 Å². The molecule has 0 aromatic heterocycles. The van der Waals surface area contributed by atoms with Crippen molar-refractivity contribution in [3.8, 4) is 0 Å². The van der Waals surface area contributed by atoms with E-state index in [1.807, 2.05) is 0 Å². The average molecular weight is 760 g/mol. The van der Waals surface area contributed by atoms with Crippen LogP contribution in [0.1, 0.15) is 48.5 Å². The molecule has 4 aromatic rings. The molecule has 0 bridgehead atoms. The Hall–Kier alpha value is -2.78. The Labute approximate surface area is 296 Å². The van der Waals surface area contributed by atoms with Crippen molar-refractivity contribution in [2.24, 2.45) is 22.3 Å². The van der Waals surface area contributed by atoms with E-state index in [2.05, 4.69) is 128 Å². The number of benzene rings is 4. The maximum Gasteiger partial charge on any atom is 2.00 e. The quantitative estimate of drug-likeness (QED) is 0.208. The minimum Gasteiger partial charge on any atom is -0.550 e. The summed E-state index contributed by atoms with van der Waals surface area (Å²) in [6, 6.07) is 43.3. The van der Waals surface area contributed by atoms with E-state index in [1.165, 1.54) is 21.2 Å². The van der Waals surface area contributed by atoms with Gasteiger partial charge in [0.25, 0.3) is 0 Å². The number of hydrogen-bond donors (Lipinski definition) is 2. The molecule has 252 valence electrons. The third-order valence-corrected chi connectivity index (χ3v) is 14.1. The van der Waals surface area contributed by atoms with Crippen LogP contribution in [0.4, 0.5) is 0 Å². The van der Waals surface area contributed by atoms with Gasteiger partial charge in [-0.2, -0.15) is 0 Å². The molecule has 0 saturated carbocycles. The van der Waals surface area contributed by atoms with Crippen LogP contribution < -0.4 is 42.9 Å². The van der Waals surface area contributed by atoms with Crippen LogP contribution in [0, 0.1) is 10.8 Å². The van der Waals surface area contributed by atoms with Crippen LogP contribution in [-0.4, -0.2) is 29.4 Å². The monoisotopic (exact) mass is 760 g/mol. The molecule has 4 rings (SSSR count). The van der Waals surface area contributed by atoms with Crippen LogP contribution in [0.25, 0.3) is 0 Å². The Morgan fingerprint density at radius 2 is 0.745 bits per heavy atom. The van der Waals surface area contributed by atoms with Crippen LogP contribution in [0.5, 0.6) is 0 Å². The van der Waals surface area contributed by atoms with Crippen molar-refractivity contribution in [3.05, 3.63) is 121 Å². The third kappa shape index (κ3) is 12.3. The summed E-state index contributed by atoms with van der Waals surface area (Å²) in [5.74, 6) is -2.01. The summed E-state index contributed by atoms with van der Waals surface area (Å²) < 4.78 is 0. The first kappa shape index (κ1) is 42.2. The topological polar surface area (TPSA) is 132 Å². The Morgan fingerprint density at radius 3 is 0.894 bits per heavy atom. The van der Waals surface area contributed by atoms with Gasteiger partial charge in [0.1, 0.15) is 0 Å². The van der Waals surface area contributed by atoms with Crippen molar-refractivity contribution in [1.29, 1.82) is 0 Å². The molecule has 4 N–H and O–H groups in total. The van der Waals surface area contributed by atoms with Gasteiger partial charge in [-0.3, -0.25) is 0 Å². The second kappa shape index (κ2) is 19.3. The van der Waals surface area contributed by atoms with Crippen molar-refractivity contribution in [2.75, 3.05) is 6.54 Å². The van der Waals surface area contributed by atoms with Gasteiger partial charge in [-0.1, -0.05) is 163 Å². The standard InChI is InChI=1S/C28H30N2P2.2C5H10O2.Ru/c1-28(27(30)22-29,31(23-14-6-2-7-15-23)24-16-8-3-9-17-24)32(25-18-10-4-11-19-25)26-20-12-5-13-21-26;2*1-5(2,3)4(6)7;/h2-21,27H,22,29-30H2,1H3;2*1-3H3,(H,6,7);/q;;;+2/p-2. The summed E-state index contributed by atoms with van der Waals surface area (Å²) >= 11 is 0.